The number of hydrogen-bond acceptors (Lipinski definition) is 6. The Kier molecular flexibility index (Phi) is 5.23. The Morgan fingerprint density at radius 2 is 1.79 bits per heavy atom. The minimum Gasteiger partial charge on any atom is -0.458 e. The Morgan fingerprint density at radius 3 is 2.55 bits per heavy atom. The summed E-state index contributed by atoms with van der Waals surface area (Å²) in [6, 6.07) is 14.8. The minimum atomic E-state index is -3.69. The molecule has 33 heavy (non-hydrogen) atoms. The monoisotopic (exact) mass is 469 g/mol. The third-order valence-corrected chi connectivity index (χ3v) is 7.93. The van der Waals surface area contributed by atoms with Gasteiger partial charge in [0.05, 0.1) is 24.7 Å². The number of rotatable bonds is 5. The number of amides is 3. The van der Waals surface area contributed by atoms with E-state index in [9.17, 15) is 18.0 Å². The fraction of sp³-hybridized carbons (Fsp3) is 0.304. The average molecular weight is 470 g/mol. The lowest BCUT2D eigenvalue weighted by Crippen LogP contribution is -2.40. The van der Waals surface area contributed by atoms with Crippen molar-refractivity contribution in [3.05, 3.63) is 65.9 Å². The lowest BCUT2D eigenvalue weighted by atomic mass is 9.98. The van der Waals surface area contributed by atoms with E-state index >= 15 is 0 Å². The van der Waals surface area contributed by atoms with Gasteiger partial charge in [0.15, 0.2) is 5.54 Å². The molecular weight excluding hydrogens is 446 g/mol. The number of para-hydroxylation sites is 1. The van der Waals surface area contributed by atoms with Crippen LogP contribution in [-0.2, 0) is 31.6 Å². The predicted molar refractivity (Wildman–Crippen MR) is 119 cm³/mol. The first-order chi connectivity index (χ1) is 15.8. The van der Waals surface area contributed by atoms with E-state index < -0.39 is 27.5 Å². The number of nitrogens with zero attached hydrogens (tertiary/aromatic N) is 2. The smallest absolute Gasteiger partial charge is 0.325 e. The van der Waals surface area contributed by atoms with Crippen LogP contribution in [0.4, 0.5) is 4.79 Å². The Morgan fingerprint density at radius 1 is 1.03 bits per heavy atom. The second-order valence-corrected chi connectivity index (χ2v) is 10.2. The molecule has 2 aliphatic rings. The van der Waals surface area contributed by atoms with E-state index in [1.165, 1.54) is 16.4 Å². The number of carbonyl (C=O) groups excluding carboxylic acids is 2. The quantitative estimate of drug-likeness (QED) is 0.575. The van der Waals surface area contributed by atoms with Crippen LogP contribution >= 0.6 is 0 Å². The first kappa shape index (κ1) is 21.6. The van der Waals surface area contributed by atoms with Crippen molar-refractivity contribution < 1.29 is 27.2 Å². The van der Waals surface area contributed by atoms with E-state index in [4.69, 9.17) is 9.15 Å². The number of ether oxygens (including phenoxy) is 1. The predicted octanol–water partition coefficient (Wildman–Crippen LogP) is 2.42. The molecule has 0 radical (unpaired) electrons. The molecule has 2 fully saturated rings. The largest absolute Gasteiger partial charge is 0.458 e. The molecule has 1 aromatic heterocycles. The summed E-state index contributed by atoms with van der Waals surface area (Å²) in [5.41, 5.74) is -0.204. The lowest BCUT2D eigenvalue weighted by molar-refractivity contribution is -0.132. The van der Waals surface area contributed by atoms with Crippen LogP contribution in [-0.4, -0.2) is 55.9 Å². The number of imide groups is 1. The molecule has 0 saturated carbocycles. The van der Waals surface area contributed by atoms with Crippen LogP contribution in [0, 0.1) is 0 Å². The molecule has 2 saturated heterocycles. The number of fused-ring (bicyclic) bond motifs is 1. The highest BCUT2D eigenvalue weighted by molar-refractivity contribution is 7.89. The van der Waals surface area contributed by atoms with Gasteiger partial charge in [-0.3, -0.25) is 9.69 Å². The van der Waals surface area contributed by atoms with Crippen molar-refractivity contribution in [3.8, 4) is 0 Å². The number of sulfonamides is 1. The van der Waals surface area contributed by atoms with Crippen LogP contribution < -0.4 is 5.32 Å². The number of furan rings is 1. The highest BCUT2D eigenvalue weighted by Gasteiger charge is 2.51. The molecule has 3 aromatic rings. The highest BCUT2D eigenvalue weighted by atomic mass is 32.2. The summed E-state index contributed by atoms with van der Waals surface area (Å²) < 4.78 is 38.4. The zero-order valence-corrected chi connectivity index (χ0v) is 18.8. The Bertz CT molecular complexity index is 1310. The second-order valence-electron chi connectivity index (χ2n) is 8.26. The van der Waals surface area contributed by atoms with Gasteiger partial charge in [-0.05, 0) is 36.8 Å². The summed E-state index contributed by atoms with van der Waals surface area (Å²) in [4.78, 5) is 27.2. The molecule has 0 spiro atoms. The molecule has 10 heteroatoms. The zero-order valence-electron chi connectivity index (χ0n) is 18.0. The van der Waals surface area contributed by atoms with E-state index in [0.717, 1.165) is 10.3 Å². The van der Waals surface area contributed by atoms with Gasteiger partial charge < -0.3 is 14.5 Å². The second kappa shape index (κ2) is 7.98. The Balaban J connectivity index is 1.40. The first-order valence-corrected chi connectivity index (χ1v) is 12.0. The molecule has 2 aromatic carbocycles. The molecule has 0 aliphatic carbocycles. The minimum absolute atomic E-state index is 0.0625. The van der Waals surface area contributed by atoms with Gasteiger partial charge in [0.1, 0.15) is 11.3 Å². The average Bonchev–Trinajstić information content (AvgIpc) is 3.36. The molecular formula is C23H23N3O6S. The maximum atomic E-state index is 13.3. The van der Waals surface area contributed by atoms with Gasteiger partial charge in [-0.1, -0.05) is 30.3 Å². The van der Waals surface area contributed by atoms with Crippen LogP contribution in [0.25, 0.3) is 11.0 Å². The van der Waals surface area contributed by atoms with E-state index in [1.54, 1.807) is 31.2 Å². The number of hydrogen-bond donors (Lipinski definition) is 1. The molecule has 3 amide bonds. The molecule has 9 nitrogen and oxygen atoms in total. The summed E-state index contributed by atoms with van der Waals surface area (Å²) in [6.45, 7) is 2.81. The van der Waals surface area contributed by atoms with Gasteiger partial charge >= 0.3 is 6.03 Å². The number of nitrogens with one attached hydrogen (secondary N) is 1. The first-order valence-electron chi connectivity index (χ1n) is 10.6. The van der Waals surface area contributed by atoms with Crippen LogP contribution in [0.2, 0.25) is 0 Å². The SMILES string of the molecule is CC1(c2cc3ccccc3o2)NC(=O)N(Cc2cccc(S(=O)(=O)N3CCOCC3)c2)C1=O. The molecule has 1 N–H and O–H groups in total. The van der Waals surface area contributed by atoms with Crippen LogP contribution in [0.3, 0.4) is 0 Å². The van der Waals surface area contributed by atoms with Gasteiger partial charge in [-0.2, -0.15) is 4.31 Å². The highest BCUT2D eigenvalue weighted by Crippen LogP contribution is 2.33. The molecule has 5 rings (SSSR count). The normalized spacial score (nSPS) is 22.2. The Hall–Kier alpha value is -3.21. The topological polar surface area (TPSA) is 109 Å². The van der Waals surface area contributed by atoms with Crippen molar-refractivity contribution in [2.45, 2.75) is 23.9 Å². The third-order valence-electron chi connectivity index (χ3n) is 6.04. The number of urea groups is 1. The third kappa shape index (κ3) is 3.69. The van der Waals surface area contributed by atoms with Crippen molar-refractivity contribution in [1.29, 1.82) is 0 Å². The van der Waals surface area contributed by atoms with Crippen molar-refractivity contribution in [2.24, 2.45) is 0 Å². The zero-order chi connectivity index (χ0) is 23.2. The van der Waals surface area contributed by atoms with Crippen molar-refractivity contribution in [1.82, 2.24) is 14.5 Å². The fourth-order valence-electron chi connectivity index (χ4n) is 4.16. The summed E-state index contributed by atoms with van der Waals surface area (Å²) in [6.07, 6.45) is 0. The van der Waals surface area contributed by atoms with E-state index in [1.807, 2.05) is 18.2 Å². The van der Waals surface area contributed by atoms with Crippen LogP contribution in [0.1, 0.15) is 18.2 Å². The summed E-state index contributed by atoms with van der Waals surface area (Å²) in [5.74, 6) is -0.124. The van der Waals surface area contributed by atoms with Gasteiger partial charge in [0.25, 0.3) is 5.91 Å². The fourth-order valence-corrected chi connectivity index (χ4v) is 5.64. The molecule has 2 aliphatic heterocycles. The van der Waals surface area contributed by atoms with Crippen molar-refractivity contribution in [3.63, 3.8) is 0 Å². The van der Waals surface area contributed by atoms with Gasteiger partial charge in [-0.15, -0.1) is 0 Å². The molecule has 1 atom stereocenters. The lowest BCUT2D eigenvalue weighted by Gasteiger charge is -2.26. The van der Waals surface area contributed by atoms with E-state index in [2.05, 4.69) is 5.32 Å². The summed E-state index contributed by atoms with van der Waals surface area (Å²) in [5, 5.41) is 3.56. The van der Waals surface area contributed by atoms with Crippen molar-refractivity contribution in [2.75, 3.05) is 26.3 Å². The summed E-state index contributed by atoms with van der Waals surface area (Å²) in [7, 11) is -3.69. The molecule has 3 heterocycles. The number of carbonyl (C=O) groups is 2. The Labute approximate surface area is 191 Å². The van der Waals surface area contributed by atoms with Gasteiger partial charge in [0.2, 0.25) is 10.0 Å². The van der Waals surface area contributed by atoms with Crippen LogP contribution in [0.5, 0.6) is 0 Å². The maximum absolute atomic E-state index is 13.3. The summed E-state index contributed by atoms with van der Waals surface area (Å²) >= 11 is 0. The molecule has 172 valence electrons. The van der Waals surface area contributed by atoms with Gasteiger partial charge in [-0.25, -0.2) is 13.2 Å². The van der Waals surface area contributed by atoms with E-state index in [-0.39, 0.29) is 24.5 Å². The molecule has 1 unspecified atom stereocenters. The van der Waals surface area contributed by atoms with Crippen molar-refractivity contribution >= 4 is 32.9 Å². The maximum Gasteiger partial charge on any atom is 0.325 e. The number of morpholine rings is 1. The number of benzene rings is 2. The van der Waals surface area contributed by atoms with Gasteiger partial charge in [0, 0.05) is 18.5 Å². The van der Waals surface area contributed by atoms with Crippen LogP contribution in [0.15, 0.2) is 63.9 Å². The standard InChI is InChI=1S/C23H23N3O6S/c1-23(20-14-17-6-2-3-8-19(17)32-20)21(27)26(22(28)24-23)15-16-5-4-7-18(13-16)33(29,30)25-9-11-31-12-10-25/h2-8,13-14H,9-12,15H2,1H3,(H,24,28). The molecule has 0 bridgehead atoms. The van der Waals surface area contributed by atoms with E-state index in [0.29, 0.717) is 30.1 Å².